The normalized spacial score (nSPS) is 15.6. The highest BCUT2D eigenvalue weighted by Crippen LogP contribution is 2.38. The lowest BCUT2D eigenvalue weighted by Gasteiger charge is -2.22. The van der Waals surface area contributed by atoms with Crippen molar-refractivity contribution in [3.63, 3.8) is 0 Å². The minimum atomic E-state index is -0.0395. The van der Waals surface area contributed by atoms with Gasteiger partial charge in [-0.3, -0.25) is 4.79 Å². The molecule has 0 aliphatic heterocycles. The van der Waals surface area contributed by atoms with Crippen molar-refractivity contribution in [3.05, 3.63) is 29.1 Å². The Morgan fingerprint density at radius 3 is 2.72 bits per heavy atom. The molecule has 1 heterocycles. The van der Waals surface area contributed by atoms with Crippen LogP contribution < -0.4 is 15.4 Å². The van der Waals surface area contributed by atoms with Crippen LogP contribution in [0.15, 0.2) is 24.3 Å². The average molecular weight is 361 g/mol. The lowest BCUT2D eigenvalue weighted by molar-refractivity contribution is 0.0952. The number of nitrogens with one attached hydrogen (secondary N) is 2. The number of ether oxygens (including phenoxy) is 1. The van der Waals surface area contributed by atoms with Gasteiger partial charge in [0.1, 0.15) is 4.88 Å². The molecule has 0 atom stereocenters. The van der Waals surface area contributed by atoms with E-state index in [1.807, 2.05) is 38.1 Å². The van der Waals surface area contributed by atoms with Gasteiger partial charge in [-0.15, -0.1) is 11.3 Å². The minimum absolute atomic E-state index is 0.0394. The van der Waals surface area contributed by atoms with E-state index in [0.29, 0.717) is 23.2 Å². The quantitative estimate of drug-likeness (QED) is 0.722. The standard InChI is InChI=1S/C20H28N2O2S/c1-14(2)24-18-16-10-6-7-11-17(16)25-19(18)20(23)22-13-12-21-15-8-4-3-5-9-15/h6-7,10-11,14-15,21H,3-5,8-9,12-13H2,1-2H3,(H,22,23). The third-order valence-corrected chi connectivity index (χ3v) is 5.71. The fourth-order valence-corrected chi connectivity index (χ4v) is 4.42. The number of carbonyl (C=O) groups is 1. The molecule has 1 aliphatic carbocycles. The van der Waals surface area contributed by atoms with E-state index in [0.717, 1.165) is 16.6 Å². The molecular formula is C20H28N2O2S. The van der Waals surface area contributed by atoms with Crippen molar-refractivity contribution >= 4 is 27.3 Å². The predicted octanol–water partition coefficient (Wildman–Crippen LogP) is 4.34. The van der Waals surface area contributed by atoms with Crippen LogP contribution in [0.4, 0.5) is 0 Å². The Hall–Kier alpha value is -1.59. The van der Waals surface area contributed by atoms with Crippen molar-refractivity contribution in [2.24, 2.45) is 0 Å². The highest BCUT2D eigenvalue weighted by Gasteiger charge is 2.20. The molecule has 2 N–H and O–H groups in total. The Labute approximate surface area is 154 Å². The summed E-state index contributed by atoms with van der Waals surface area (Å²) in [5.74, 6) is 0.677. The van der Waals surface area contributed by atoms with Crippen LogP contribution in [0.3, 0.4) is 0 Å². The van der Waals surface area contributed by atoms with Crippen molar-refractivity contribution in [2.75, 3.05) is 13.1 Å². The van der Waals surface area contributed by atoms with Gasteiger partial charge in [-0.2, -0.15) is 0 Å². The molecule has 0 bridgehead atoms. The van der Waals surface area contributed by atoms with Gasteiger partial charge >= 0.3 is 0 Å². The largest absolute Gasteiger partial charge is 0.489 e. The first-order chi connectivity index (χ1) is 12.1. The fourth-order valence-electron chi connectivity index (χ4n) is 3.36. The summed E-state index contributed by atoms with van der Waals surface area (Å²) in [6, 6.07) is 8.65. The second-order valence-electron chi connectivity index (χ2n) is 6.97. The van der Waals surface area contributed by atoms with Gasteiger partial charge in [0.25, 0.3) is 5.91 Å². The molecule has 4 nitrogen and oxygen atoms in total. The van der Waals surface area contributed by atoms with Crippen LogP contribution in [0.25, 0.3) is 10.1 Å². The first-order valence-corrected chi connectivity index (χ1v) is 10.2. The van der Waals surface area contributed by atoms with Crippen molar-refractivity contribution in [1.29, 1.82) is 0 Å². The van der Waals surface area contributed by atoms with Gasteiger partial charge in [0.2, 0.25) is 0 Å². The highest BCUT2D eigenvalue weighted by atomic mass is 32.1. The van der Waals surface area contributed by atoms with Crippen LogP contribution in [-0.4, -0.2) is 31.1 Å². The molecule has 2 aromatic rings. The Kier molecular flexibility index (Phi) is 6.32. The van der Waals surface area contributed by atoms with E-state index in [2.05, 4.69) is 10.6 Å². The predicted molar refractivity (Wildman–Crippen MR) is 105 cm³/mol. The first kappa shape index (κ1) is 18.2. The number of amides is 1. The monoisotopic (exact) mass is 360 g/mol. The molecule has 0 radical (unpaired) electrons. The van der Waals surface area contributed by atoms with Gasteiger partial charge in [-0.1, -0.05) is 31.4 Å². The van der Waals surface area contributed by atoms with Gasteiger partial charge in [-0.05, 0) is 38.8 Å². The number of benzene rings is 1. The fraction of sp³-hybridized carbons (Fsp3) is 0.550. The van der Waals surface area contributed by atoms with E-state index in [-0.39, 0.29) is 12.0 Å². The Morgan fingerprint density at radius 1 is 1.20 bits per heavy atom. The summed E-state index contributed by atoms with van der Waals surface area (Å²) in [4.78, 5) is 13.3. The number of rotatable bonds is 7. The summed E-state index contributed by atoms with van der Waals surface area (Å²) in [6.07, 6.45) is 6.56. The van der Waals surface area contributed by atoms with E-state index >= 15 is 0 Å². The van der Waals surface area contributed by atoms with Crippen LogP contribution in [0, 0.1) is 0 Å². The molecule has 1 aliphatic rings. The van der Waals surface area contributed by atoms with Crippen LogP contribution in [0.2, 0.25) is 0 Å². The zero-order chi connectivity index (χ0) is 17.6. The van der Waals surface area contributed by atoms with Crippen molar-refractivity contribution in [3.8, 4) is 5.75 Å². The Balaban J connectivity index is 1.61. The third kappa shape index (κ3) is 4.73. The van der Waals surface area contributed by atoms with Gasteiger partial charge < -0.3 is 15.4 Å². The summed E-state index contributed by atoms with van der Waals surface area (Å²) >= 11 is 1.50. The molecule has 0 spiro atoms. The molecule has 136 valence electrons. The topological polar surface area (TPSA) is 50.4 Å². The SMILES string of the molecule is CC(C)Oc1c(C(=O)NCCNC2CCCCC2)sc2ccccc12. The zero-order valence-electron chi connectivity index (χ0n) is 15.1. The van der Waals surface area contributed by atoms with E-state index in [1.165, 1.54) is 43.4 Å². The molecule has 1 fully saturated rings. The summed E-state index contributed by atoms with van der Waals surface area (Å²) < 4.78 is 7.04. The summed E-state index contributed by atoms with van der Waals surface area (Å²) in [5, 5.41) is 7.62. The van der Waals surface area contributed by atoms with Crippen LogP contribution in [0.5, 0.6) is 5.75 Å². The number of carbonyl (C=O) groups excluding carboxylic acids is 1. The van der Waals surface area contributed by atoms with Crippen LogP contribution >= 0.6 is 11.3 Å². The molecule has 1 aromatic carbocycles. The number of thiophene rings is 1. The second kappa shape index (κ2) is 8.68. The molecule has 0 saturated heterocycles. The van der Waals surface area contributed by atoms with Crippen molar-refractivity contribution in [1.82, 2.24) is 10.6 Å². The molecule has 1 aromatic heterocycles. The summed E-state index contributed by atoms with van der Waals surface area (Å²) in [6.45, 7) is 5.44. The lowest BCUT2D eigenvalue weighted by Crippen LogP contribution is -2.37. The van der Waals surface area contributed by atoms with E-state index in [9.17, 15) is 4.79 Å². The molecule has 3 rings (SSSR count). The molecule has 25 heavy (non-hydrogen) atoms. The summed E-state index contributed by atoms with van der Waals surface area (Å²) in [7, 11) is 0. The van der Waals surface area contributed by atoms with Gasteiger partial charge in [-0.25, -0.2) is 0 Å². The number of hydrogen-bond acceptors (Lipinski definition) is 4. The van der Waals surface area contributed by atoms with Gasteiger partial charge in [0.15, 0.2) is 5.75 Å². The highest BCUT2D eigenvalue weighted by molar-refractivity contribution is 7.21. The van der Waals surface area contributed by atoms with E-state index < -0.39 is 0 Å². The molecular weight excluding hydrogens is 332 g/mol. The van der Waals surface area contributed by atoms with Crippen LogP contribution in [-0.2, 0) is 0 Å². The van der Waals surface area contributed by atoms with Gasteiger partial charge in [0, 0.05) is 29.2 Å². The maximum atomic E-state index is 12.7. The summed E-state index contributed by atoms with van der Waals surface area (Å²) in [5.41, 5.74) is 0. The average Bonchev–Trinajstić information content (AvgIpc) is 2.98. The Bertz CT molecular complexity index is 705. The van der Waals surface area contributed by atoms with Gasteiger partial charge in [0.05, 0.1) is 6.10 Å². The first-order valence-electron chi connectivity index (χ1n) is 9.35. The molecule has 0 unspecified atom stereocenters. The number of hydrogen-bond donors (Lipinski definition) is 2. The molecule has 5 heteroatoms. The van der Waals surface area contributed by atoms with Crippen molar-refractivity contribution < 1.29 is 9.53 Å². The lowest BCUT2D eigenvalue weighted by atomic mass is 9.95. The van der Waals surface area contributed by atoms with E-state index in [1.54, 1.807) is 0 Å². The van der Waals surface area contributed by atoms with Crippen molar-refractivity contribution in [2.45, 2.75) is 58.1 Å². The minimum Gasteiger partial charge on any atom is -0.489 e. The maximum Gasteiger partial charge on any atom is 0.265 e. The smallest absolute Gasteiger partial charge is 0.265 e. The van der Waals surface area contributed by atoms with E-state index in [4.69, 9.17) is 4.74 Å². The molecule has 1 amide bonds. The zero-order valence-corrected chi connectivity index (χ0v) is 16.0. The molecule has 1 saturated carbocycles. The second-order valence-corrected chi connectivity index (χ2v) is 8.02. The maximum absolute atomic E-state index is 12.7. The van der Waals surface area contributed by atoms with Crippen LogP contribution in [0.1, 0.15) is 55.6 Å². The Morgan fingerprint density at radius 2 is 1.96 bits per heavy atom. The number of fused-ring (bicyclic) bond motifs is 1. The third-order valence-electron chi connectivity index (χ3n) is 4.56.